The lowest BCUT2D eigenvalue weighted by molar-refractivity contribution is -0.111. The second kappa shape index (κ2) is 3.91. The van der Waals surface area contributed by atoms with Gasteiger partial charge in [0.05, 0.1) is 0 Å². The van der Waals surface area contributed by atoms with Gasteiger partial charge in [0.1, 0.15) is 0 Å². The number of halogens is 1. The van der Waals surface area contributed by atoms with E-state index in [4.69, 9.17) is 11.6 Å². The van der Waals surface area contributed by atoms with Gasteiger partial charge in [-0.15, -0.1) is 0 Å². The summed E-state index contributed by atoms with van der Waals surface area (Å²) in [6.45, 7) is 2.11. The van der Waals surface area contributed by atoms with E-state index in [0.29, 0.717) is 6.42 Å². The third kappa shape index (κ3) is 2.66. The van der Waals surface area contributed by atoms with Crippen LogP contribution in [0.3, 0.4) is 0 Å². The molecule has 1 rings (SSSR count). The Hall–Kier alpha value is -0.300. The van der Waals surface area contributed by atoms with Crippen molar-refractivity contribution in [3.63, 3.8) is 0 Å². The van der Waals surface area contributed by atoms with E-state index < -0.39 is 0 Å². The highest BCUT2D eigenvalue weighted by Gasteiger charge is 2.10. The standard InChI is InChI=1S/C9H13ClO/c1-7-4-2-3-5-8(7)6-9(10)11/h2-6H2,1H3. The number of carbonyl (C=O) groups is 1. The van der Waals surface area contributed by atoms with Gasteiger partial charge in [-0.25, -0.2) is 0 Å². The average molecular weight is 173 g/mol. The van der Waals surface area contributed by atoms with Crippen molar-refractivity contribution < 1.29 is 4.79 Å². The maximum atomic E-state index is 10.6. The SMILES string of the molecule is CC1=C(CC(=O)Cl)CCCC1. The first kappa shape index (κ1) is 8.79. The molecule has 0 heterocycles. The molecule has 0 bridgehead atoms. The molecule has 0 aliphatic heterocycles. The third-order valence-electron chi connectivity index (χ3n) is 2.24. The van der Waals surface area contributed by atoms with Gasteiger partial charge in [0, 0.05) is 6.42 Å². The maximum Gasteiger partial charge on any atom is 0.225 e. The fourth-order valence-electron chi connectivity index (χ4n) is 1.53. The maximum absolute atomic E-state index is 10.6. The molecule has 1 nitrogen and oxygen atoms in total. The molecule has 0 aromatic heterocycles. The predicted molar refractivity (Wildman–Crippen MR) is 46.6 cm³/mol. The summed E-state index contributed by atoms with van der Waals surface area (Å²) < 4.78 is 0. The second-order valence-corrected chi connectivity index (χ2v) is 3.54. The van der Waals surface area contributed by atoms with Gasteiger partial charge in [0.25, 0.3) is 0 Å². The molecule has 11 heavy (non-hydrogen) atoms. The van der Waals surface area contributed by atoms with Gasteiger partial charge in [-0.2, -0.15) is 0 Å². The van der Waals surface area contributed by atoms with E-state index in [1.54, 1.807) is 0 Å². The molecule has 0 aromatic carbocycles. The van der Waals surface area contributed by atoms with Crippen molar-refractivity contribution >= 4 is 16.8 Å². The summed E-state index contributed by atoms with van der Waals surface area (Å²) in [5.74, 6) is 0. The fraction of sp³-hybridized carbons (Fsp3) is 0.667. The smallest absolute Gasteiger partial charge is 0.225 e. The van der Waals surface area contributed by atoms with Crippen LogP contribution in [0.4, 0.5) is 0 Å². The van der Waals surface area contributed by atoms with Crippen LogP contribution in [-0.2, 0) is 4.79 Å². The predicted octanol–water partition coefficient (Wildman–Crippen LogP) is 3.03. The first-order chi connectivity index (χ1) is 5.20. The van der Waals surface area contributed by atoms with E-state index in [0.717, 1.165) is 12.8 Å². The molecule has 0 unspecified atom stereocenters. The molecule has 0 atom stereocenters. The number of allylic oxidation sites excluding steroid dienone is 2. The van der Waals surface area contributed by atoms with E-state index >= 15 is 0 Å². The lowest BCUT2D eigenvalue weighted by Gasteiger charge is -2.15. The fourth-order valence-corrected chi connectivity index (χ4v) is 1.69. The van der Waals surface area contributed by atoms with Crippen LogP contribution in [-0.4, -0.2) is 5.24 Å². The highest BCUT2D eigenvalue weighted by Crippen LogP contribution is 2.26. The van der Waals surface area contributed by atoms with Crippen molar-refractivity contribution in [1.29, 1.82) is 0 Å². The zero-order valence-corrected chi connectivity index (χ0v) is 7.58. The molecule has 0 spiro atoms. The summed E-state index contributed by atoms with van der Waals surface area (Å²) in [7, 11) is 0. The van der Waals surface area contributed by atoms with Crippen molar-refractivity contribution in [2.75, 3.05) is 0 Å². The Labute approximate surface area is 72.4 Å². The number of hydrogen-bond acceptors (Lipinski definition) is 1. The minimum atomic E-state index is -0.221. The molecule has 62 valence electrons. The molecule has 0 saturated carbocycles. The van der Waals surface area contributed by atoms with Crippen LogP contribution in [0.25, 0.3) is 0 Å². The summed E-state index contributed by atoms with van der Waals surface area (Å²) in [5, 5.41) is -0.221. The van der Waals surface area contributed by atoms with E-state index in [9.17, 15) is 4.79 Å². The van der Waals surface area contributed by atoms with Gasteiger partial charge in [-0.05, 0) is 44.2 Å². The summed E-state index contributed by atoms with van der Waals surface area (Å²) in [6.07, 6.45) is 5.18. The van der Waals surface area contributed by atoms with Crippen LogP contribution in [0.1, 0.15) is 39.0 Å². The first-order valence-corrected chi connectivity index (χ1v) is 4.44. The first-order valence-electron chi connectivity index (χ1n) is 4.06. The van der Waals surface area contributed by atoms with Crippen LogP contribution >= 0.6 is 11.6 Å². The summed E-state index contributed by atoms with van der Waals surface area (Å²) >= 11 is 5.30. The Bertz CT molecular complexity index is 194. The Morgan fingerprint density at radius 1 is 1.45 bits per heavy atom. The lowest BCUT2D eigenvalue weighted by atomic mass is 9.91. The van der Waals surface area contributed by atoms with Crippen molar-refractivity contribution in [3.05, 3.63) is 11.1 Å². The normalized spacial score (nSPS) is 18.7. The highest BCUT2D eigenvalue weighted by molar-refractivity contribution is 6.63. The van der Waals surface area contributed by atoms with Crippen molar-refractivity contribution in [2.24, 2.45) is 0 Å². The Morgan fingerprint density at radius 2 is 2.09 bits per heavy atom. The molecule has 0 N–H and O–H groups in total. The molecule has 0 aromatic rings. The van der Waals surface area contributed by atoms with Crippen molar-refractivity contribution in [1.82, 2.24) is 0 Å². The molecule has 0 amide bonds. The highest BCUT2D eigenvalue weighted by atomic mass is 35.5. The minimum Gasteiger partial charge on any atom is -0.281 e. The van der Waals surface area contributed by atoms with Gasteiger partial charge in [-0.1, -0.05) is 11.1 Å². The van der Waals surface area contributed by atoms with E-state index in [2.05, 4.69) is 6.92 Å². The zero-order chi connectivity index (χ0) is 8.27. The summed E-state index contributed by atoms with van der Waals surface area (Å²) in [6, 6.07) is 0. The molecule has 0 saturated heterocycles. The van der Waals surface area contributed by atoms with Gasteiger partial charge < -0.3 is 0 Å². The molecular weight excluding hydrogens is 160 g/mol. The van der Waals surface area contributed by atoms with Crippen LogP contribution in [0.15, 0.2) is 11.1 Å². The summed E-state index contributed by atoms with van der Waals surface area (Å²) in [4.78, 5) is 10.6. The van der Waals surface area contributed by atoms with Crippen molar-refractivity contribution in [3.8, 4) is 0 Å². The van der Waals surface area contributed by atoms with Crippen LogP contribution < -0.4 is 0 Å². The topological polar surface area (TPSA) is 17.1 Å². The number of rotatable bonds is 2. The van der Waals surface area contributed by atoms with Gasteiger partial charge in [0.2, 0.25) is 5.24 Å². The van der Waals surface area contributed by atoms with Gasteiger partial charge >= 0.3 is 0 Å². The molecule has 1 aliphatic carbocycles. The molecular formula is C9H13ClO. The average Bonchev–Trinajstić information content (AvgIpc) is 1.93. The monoisotopic (exact) mass is 172 g/mol. The minimum absolute atomic E-state index is 0.221. The van der Waals surface area contributed by atoms with E-state index in [1.807, 2.05) is 0 Å². The van der Waals surface area contributed by atoms with Crippen LogP contribution in [0, 0.1) is 0 Å². The molecule has 0 radical (unpaired) electrons. The van der Waals surface area contributed by atoms with Crippen LogP contribution in [0.2, 0.25) is 0 Å². The third-order valence-corrected chi connectivity index (χ3v) is 2.37. The zero-order valence-electron chi connectivity index (χ0n) is 6.82. The second-order valence-electron chi connectivity index (χ2n) is 3.12. The van der Waals surface area contributed by atoms with Crippen molar-refractivity contribution in [2.45, 2.75) is 39.0 Å². The quantitative estimate of drug-likeness (QED) is 0.462. The number of hydrogen-bond donors (Lipinski definition) is 0. The van der Waals surface area contributed by atoms with Gasteiger partial charge in [0.15, 0.2) is 0 Å². The Morgan fingerprint density at radius 3 is 2.64 bits per heavy atom. The largest absolute Gasteiger partial charge is 0.281 e. The van der Waals surface area contributed by atoms with E-state index in [-0.39, 0.29) is 5.24 Å². The van der Waals surface area contributed by atoms with E-state index in [1.165, 1.54) is 24.0 Å². The molecule has 0 fully saturated rings. The molecule has 2 heteroatoms. The Balaban J connectivity index is 2.59. The van der Waals surface area contributed by atoms with Gasteiger partial charge in [-0.3, -0.25) is 4.79 Å². The summed E-state index contributed by atoms with van der Waals surface area (Å²) in [5.41, 5.74) is 2.65. The lowest BCUT2D eigenvalue weighted by Crippen LogP contribution is -2.00. The molecule has 1 aliphatic rings. The van der Waals surface area contributed by atoms with Crippen LogP contribution in [0.5, 0.6) is 0 Å². The number of carbonyl (C=O) groups excluding carboxylic acids is 1. The Kier molecular flexibility index (Phi) is 3.13.